The van der Waals surface area contributed by atoms with E-state index in [1.54, 1.807) is 0 Å². The van der Waals surface area contributed by atoms with Crippen molar-refractivity contribution < 1.29 is 4.74 Å². The highest BCUT2D eigenvalue weighted by atomic mass is 35.5. The average molecular weight is 277 g/mol. The van der Waals surface area contributed by atoms with Gasteiger partial charge in [0, 0.05) is 22.5 Å². The van der Waals surface area contributed by atoms with Crippen LogP contribution in [0.4, 0.5) is 17.1 Å². The molecule has 0 spiro atoms. The Labute approximate surface area is 118 Å². The van der Waals surface area contributed by atoms with E-state index in [9.17, 15) is 0 Å². The summed E-state index contributed by atoms with van der Waals surface area (Å²) in [7, 11) is 0. The lowest BCUT2D eigenvalue weighted by Crippen LogP contribution is -2.07. The quantitative estimate of drug-likeness (QED) is 0.811. The van der Waals surface area contributed by atoms with Crippen LogP contribution in [0.1, 0.15) is 13.8 Å². The van der Waals surface area contributed by atoms with Gasteiger partial charge in [-0.05, 0) is 50.2 Å². The van der Waals surface area contributed by atoms with Crippen molar-refractivity contribution in [2.24, 2.45) is 0 Å². The average Bonchev–Trinajstić information content (AvgIpc) is 2.36. The molecule has 0 aliphatic carbocycles. The van der Waals surface area contributed by atoms with Crippen molar-refractivity contribution in [1.29, 1.82) is 0 Å². The molecule has 0 fully saturated rings. The standard InChI is InChI=1S/C15H17ClN2O/c1-10(2)19-15-9-13(7-8-14(15)17)18-12-5-3-11(16)4-6-12/h3-10,18H,17H2,1-2H3. The predicted molar refractivity (Wildman–Crippen MR) is 81.4 cm³/mol. The van der Waals surface area contributed by atoms with Crippen LogP contribution in [0.25, 0.3) is 0 Å². The number of nitrogens with two attached hydrogens (primary N) is 1. The van der Waals surface area contributed by atoms with E-state index in [2.05, 4.69) is 5.32 Å². The van der Waals surface area contributed by atoms with Gasteiger partial charge in [0.05, 0.1) is 11.8 Å². The Morgan fingerprint density at radius 2 is 1.68 bits per heavy atom. The molecular formula is C15H17ClN2O. The third-order valence-electron chi connectivity index (χ3n) is 2.51. The number of nitrogen functional groups attached to an aromatic ring is 1. The molecule has 0 unspecified atom stereocenters. The van der Waals surface area contributed by atoms with E-state index < -0.39 is 0 Å². The monoisotopic (exact) mass is 276 g/mol. The molecule has 100 valence electrons. The number of hydrogen-bond acceptors (Lipinski definition) is 3. The maximum Gasteiger partial charge on any atom is 0.144 e. The number of ether oxygens (including phenoxy) is 1. The molecule has 0 aliphatic rings. The summed E-state index contributed by atoms with van der Waals surface area (Å²) in [6.07, 6.45) is 0.0908. The summed E-state index contributed by atoms with van der Waals surface area (Å²) < 4.78 is 5.66. The molecule has 0 bridgehead atoms. The zero-order chi connectivity index (χ0) is 13.8. The summed E-state index contributed by atoms with van der Waals surface area (Å²) in [4.78, 5) is 0. The number of rotatable bonds is 4. The van der Waals surface area contributed by atoms with E-state index in [0.717, 1.165) is 11.4 Å². The molecule has 0 aromatic heterocycles. The Hall–Kier alpha value is -1.87. The Morgan fingerprint density at radius 3 is 2.32 bits per heavy atom. The van der Waals surface area contributed by atoms with Crippen LogP contribution >= 0.6 is 11.6 Å². The lowest BCUT2D eigenvalue weighted by Gasteiger charge is -2.14. The molecule has 2 aromatic rings. The van der Waals surface area contributed by atoms with Crippen LogP contribution in [0, 0.1) is 0 Å². The molecule has 2 aromatic carbocycles. The summed E-state index contributed by atoms with van der Waals surface area (Å²) in [5.41, 5.74) is 8.40. The molecule has 0 heterocycles. The molecule has 4 heteroatoms. The summed E-state index contributed by atoms with van der Waals surface area (Å²) in [5, 5.41) is 3.99. The minimum Gasteiger partial charge on any atom is -0.489 e. The van der Waals surface area contributed by atoms with Gasteiger partial charge in [-0.15, -0.1) is 0 Å². The molecule has 0 saturated carbocycles. The zero-order valence-corrected chi connectivity index (χ0v) is 11.7. The van der Waals surface area contributed by atoms with Crippen molar-refractivity contribution in [2.45, 2.75) is 20.0 Å². The normalized spacial score (nSPS) is 10.5. The van der Waals surface area contributed by atoms with Gasteiger partial charge in [0.25, 0.3) is 0 Å². The van der Waals surface area contributed by atoms with Crippen LogP contribution in [0.15, 0.2) is 42.5 Å². The topological polar surface area (TPSA) is 47.3 Å². The molecule has 0 atom stereocenters. The van der Waals surface area contributed by atoms with E-state index in [1.807, 2.05) is 56.3 Å². The fraction of sp³-hybridized carbons (Fsp3) is 0.200. The summed E-state index contributed by atoms with van der Waals surface area (Å²) >= 11 is 5.85. The fourth-order valence-corrected chi connectivity index (χ4v) is 1.79. The van der Waals surface area contributed by atoms with Gasteiger partial charge >= 0.3 is 0 Å². The Morgan fingerprint density at radius 1 is 1.05 bits per heavy atom. The van der Waals surface area contributed by atoms with Gasteiger partial charge < -0.3 is 15.8 Å². The molecule has 0 aliphatic heterocycles. The van der Waals surface area contributed by atoms with E-state index in [-0.39, 0.29) is 6.10 Å². The van der Waals surface area contributed by atoms with Crippen molar-refractivity contribution >= 4 is 28.7 Å². The van der Waals surface area contributed by atoms with Gasteiger partial charge in [-0.1, -0.05) is 11.6 Å². The van der Waals surface area contributed by atoms with E-state index >= 15 is 0 Å². The second-order valence-electron chi connectivity index (χ2n) is 4.55. The molecule has 2 rings (SSSR count). The Balaban J connectivity index is 2.18. The first kappa shape index (κ1) is 13.6. The minimum atomic E-state index is 0.0908. The van der Waals surface area contributed by atoms with E-state index in [4.69, 9.17) is 22.1 Å². The maximum atomic E-state index is 5.88. The number of hydrogen-bond donors (Lipinski definition) is 2. The van der Waals surface area contributed by atoms with Crippen molar-refractivity contribution in [3.63, 3.8) is 0 Å². The van der Waals surface area contributed by atoms with E-state index in [1.165, 1.54) is 0 Å². The number of anilines is 3. The van der Waals surface area contributed by atoms with Gasteiger partial charge in [-0.2, -0.15) is 0 Å². The highest BCUT2D eigenvalue weighted by Gasteiger charge is 2.05. The highest BCUT2D eigenvalue weighted by Crippen LogP contribution is 2.28. The number of halogens is 1. The smallest absolute Gasteiger partial charge is 0.144 e. The predicted octanol–water partition coefficient (Wildman–Crippen LogP) is 4.45. The second kappa shape index (κ2) is 5.85. The third kappa shape index (κ3) is 3.80. The molecule has 19 heavy (non-hydrogen) atoms. The van der Waals surface area contributed by atoms with Crippen LogP contribution in [-0.4, -0.2) is 6.10 Å². The Kier molecular flexibility index (Phi) is 4.17. The highest BCUT2D eigenvalue weighted by molar-refractivity contribution is 6.30. The summed E-state index contributed by atoms with van der Waals surface area (Å²) in [6.45, 7) is 3.94. The minimum absolute atomic E-state index is 0.0908. The summed E-state index contributed by atoms with van der Waals surface area (Å²) in [5.74, 6) is 0.689. The molecule has 0 amide bonds. The Bertz CT molecular complexity index is 553. The fourth-order valence-electron chi connectivity index (χ4n) is 1.67. The lowest BCUT2D eigenvalue weighted by molar-refractivity contribution is 0.244. The second-order valence-corrected chi connectivity index (χ2v) is 4.99. The molecular weight excluding hydrogens is 260 g/mol. The zero-order valence-electron chi connectivity index (χ0n) is 11.0. The van der Waals surface area contributed by atoms with Gasteiger partial charge in [0.2, 0.25) is 0 Å². The van der Waals surface area contributed by atoms with Crippen LogP contribution in [0.5, 0.6) is 5.75 Å². The van der Waals surface area contributed by atoms with Gasteiger partial charge in [0.1, 0.15) is 5.75 Å². The van der Waals surface area contributed by atoms with Crippen molar-refractivity contribution in [3.05, 3.63) is 47.5 Å². The van der Waals surface area contributed by atoms with Crippen LogP contribution in [0.2, 0.25) is 5.02 Å². The third-order valence-corrected chi connectivity index (χ3v) is 2.76. The first-order valence-electron chi connectivity index (χ1n) is 6.13. The van der Waals surface area contributed by atoms with Gasteiger partial charge in [-0.25, -0.2) is 0 Å². The molecule has 0 radical (unpaired) electrons. The lowest BCUT2D eigenvalue weighted by atomic mass is 10.2. The van der Waals surface area contributed by atoms with Crippen molar-refractivity contribution in [1.82, 2.24) is 0 Å². The van der Waals surface area contributed by atoms with Gasteiger partial charge in [-0.3, -0.25) is 0 Å². The van der Waals surface area contributed by atoms with Crippen LogP contribution in [0.3, 0.4) is 0 Å². The summed E-state index contributed by atoms with van der Waals surface area (Å²) in [6, 6.07) is 13.2. The maximum absolute atomic E-state index is 5.88. The van der Waals surface area contributed by atoms with Crippen molar-refractivity contribution in [2.75, 3.05) is 11.1 Å². The first-order valence-corrected chi connectivity index (χ1v) is 6.51. The van der Waals surface area contributed by atoms with Gasteiger partial charge in [0.15, 0.2) is 0 Å². The van der Waals surface area contributed by atoms with Crippen LogP contribution in [-0.2, 0) is 0 Å². The molecule has 3 nitrogen and oxygen atoms in total. The first-order chi connectivity index (χ1) is 9.04. The largest absolute Gasteiger partial charge is 0.489 e. The number of benzene rings is 2. The molecule has 3 N–H and O–H groups in total. The van der Waals surface area contributed by atoms with E-state index in [0.29, 0.717) is 16.5 Å². The number of nitrogens with one attached hydrogen (secondary N) is 1. The SMILES string of the molecule is CC(C)Oc1cc(Nc2ccc(Cl)cc2)ccc1N. The van der Waals surface area contributed by atoms with Crippen LogP contribution < -0.4 is 15.8 Å². The van der Waals surface area contributed by atoms with Crippen molar-refractivity contribution in [3.8, 4) is 5.75 Å². The molecule has 0 saturated heterocycles.